The molecule has 26 heavy (non-hydrogen) atoms. The number of carboxylic acids is 1. The Hall–Kier alpha value is -1.93. The van der Waals surface area contributed by atoms with E-state index in [4.69, 9.17) is 0 Å². The fourth-order valence-corrected chi connectivity index (χ4v) is 5.75. The zero-order valence-corrected chi connectivity index (χ0v) is 16.0. The minimum Gasteiger partial charge on any atom is -0.481 e. The normalized spacial score (nSPS) is 26.6. The lowest BCUT2D eigenvalue weighted by atomic mass is 9.96. The summed E-state index contributed by atoms with van der Waals surface area (Å²) < 4.78 is 27.5. The maximum absolute atomic E-state index is 13.1. The monoisotopic (exact) mass is 380 g/mol. The summed E-state index contributed by atoms with van der Waals surface area (Å²) in [6.07, 6.45) is 1.61. The van der Waals surface area contributed by atoms with Crippen molar-refractivity contribution < 1.29 is 23.1 Å². The second-order valence-electron chi connectivity index (χ2n) is 7.27. The molecule has 1 aromatic rings. The van der Waals surface area contributed by atoms with Crippen molar-refractivity contribution in [3.63, 3.8) is 0 Å². The van der Waals surface area contributed by atoms with Gasteiger partial charge >= 0.3 is 5.97 Å². The van der Waals surface area contributed by atoms with Gasteiger partial charge in [-0.2, -0.15) is 4.31 Å². The number of aliphatic carboxylic acids is 1. The van der Waals surface area contributed by atoms with Gasteiger partial charge < -0.3 is 10.0 Å². The Bertz CT molecular complexity index is 851. The number of nitrogens with zero attached hydrogens (tertiary/aromatic N) is 2. The van der Waals surface area contributed by atoms with E-state index < -0.39 is 21.9 Å². The number of carbonyl (C=O) groups is 2. The SMILES string of the molecule is CC(=O)N1c2ccc(S(=O)(=O)N3CC(C(=O)O)CCC3C)cc2CC1C. The fraction of sp³-hybridized carbons (Fsp3) is 0.556. The van der Waals surface area contributed by atoms with Crippen molar-refractivity contribution in [2.75, 3.05) is 11.4 Å². The first kappa shape index (κ1) is 18.8. The van der Waals surface area contributed by atoms with Crippen LogP contribution in [0.2, 0.25) is 0 Å². The summed E-state index contributed by atoms with van der Waals surface area (Å²) in [6.45, 7) is 5.23. The highest BCUT2D eigenvalue weighted by atomic mass is 32.2. The van der Waals surface area contributed by atoms with Gasteiger partial charge in [-0.25, -0.2) is 8.42 Å². The number of hydrogen-bond donors (Lipinski definition) is 1. The molecule has 3 rings (SSSR count). The van der Waals surface area contributed by atoms with Crippen molar-refractivity contribution in [2.24, 2.45) is 5.92 Å². The van der Waals surface area contributed by atoms with Gasteiger partial charge in [0.1, 0.15) is 0 Å². The highest BCUT2D eigenvalue weighted by molar-refractivity contribution is 7.89. The predicted octanol–water partition coefficient (Wildman–Crippen LogP) is 1.86. The molecule has 2 aliphatic heterocycles. The molecule has 1 aromatic carbocycles. The second kappa shape index (κ2) is 6.66. The van der Waals surface area contributed by atoms with Gasteiger partial charge in [0.05, 0.1) is 10.8 Å². The third-order valence-corrected chi connectivity index (χ3v) is 7.36. The Morgan fingerprint density at radius 1 is 1.15 bits per heavy atom. The van der Waals surface area contributed by atoms with Crippen LogP contribution in [0.5, 0.6) is 0 Å². The van der Waals surface area contributed by atoms with Crippen LogP contribution in [0.3, 0.4) is 0 Å². The maximum atomic E-state index is 13.1. The fourth-order valence-electron chi connectivity index (χ4n) is 3.99. The number of carboxylic acid groups (broad SMARTS) is 1. The van der Waals surface area contributed by atoms with Crippen LogP contribution in [-0.4, -0.2) is 48.3 Å². The largest absolute Gasteiger partial charge is 0.481 e. The minimum absolute atomic E-state index is 0.00804. The highest BCUT2D eigenvalue weighted by Gasteiger charge is 2.38. The molecule has 1 saturated heterocycles. The van der Waals surface area contributed by atoms with E-state index in [1.54, 1.807) is 17.0 Å². The summed E-state index contributed by atoms with van der Waals surface area (Å²) in [7, 11) is -3.79. The summed E-state index contributed by atoms with van der Waals surface area (Å²) in [5, 5.41) is 9.26. The smallest absolute Gasteiger partial charge is 0.307 e. The van der Waals surface area contributed by atoms with E-state index in [2.05, 4.69) is 0 Å². The van der Waals surface area contributed by atoms with Gasteiger partial charge in [-0.05, 0) is 56.9 Å². The van der Waals surface area contributed by atoms with Crippen LogP contribution in [-0.2, 0) is 26.0 Å². The molecule has 2 heterocycles. The molecule has 0 radical (unpaired) electrons. The van der Waals surface area contributed by atoms with Crippen LogP contribution in [0.15, 0.2) is 23.1 Å². The van der Waals surface area contributed by atoms with Gasteiger partial charge in [-0.3, -0.25) is 9.59 Å². The Morgan fingerprint density at radius 3 is 2.46 bits per heavy atom. The average Bonchev–Trinajstić information content (AvgIpc) is 2.89. The van der Waals surface area contributed by atoms with Crippen molar-refractivity contribution in [1.29, 1.82) is 0 Å². The van der Waals surface area contributed by atoms with Crippen LogP contribution < -0.4 is 4.90 Å². The molecule has 0 spiro atoms. The van der Waals surface area contributed by atoms with E-state index in [1.165, 1.54) is 17.3 Å². The summed E-state index contributed by atoms with van der Waals surface area (Å²) in [6, 6.07) is 4.57. The van der Waals surface area contributed by atoms with Crippen LogP contribution in [0, 0.1) is 5.92 Å². The molecule has 1 fully saturated rings. The molecule has 3 unspecified atom stereocenters. The first-order valence-corrected chi connectivity index (χ1v) is 10.2. The lowest BCUT2D eigenvalue weighted by Crippen LogP contribution is -2.47. The molecule has 142 valence electrons. The zero-order chi connectivity index (χ0) is 19.2. The number of amides is 1. The van der Waals surface area contributed by atoms with Crippen LogP contribution in [0.4, 0.5) is 5.69 Å². The molecular weight excluding hydrogens is 356 g/mol. The molecule has 0 saturated carbocycles. The number of benzene rings is 1. The Balaban J connectivity index is 1.95. The molecule has 3 atom stereocenters. The van der Waals surface area contributed by atoms with Crippen LogP contribution in [0.25, 0.3) is 0 Å². The quantitative estimate of drug-likeness (QED) is 0.864. The molecule has 1 N–H and O–H groups in total. The van der Waals surface area contributed by atoms with Gasteiger partial charge in [-0.15, -0.1) is 0 Å². The van der Waals surface area contributed by atoms with Gasteiger partial charge in [0.15, 0.2) is 0 Å². The molecular formula is C18H24N2O5S. The molecule has 7 nitrogen and oxygen atoms in total. The van der Waals surface area contributed by atoms with Crippen LogP contribution >= 0.6 is 0 Å². The molecule has 0 aliphatic carbocycles. The van der Waals surface area contributed by atoms with Gasteiger partial charge in [0.2, 0.25) is 15.9 Å². The molecule has 0 bridgehead atoms. The standard InChI is InChI=1S/C18H24N2O5S/c1-11-4-5-14(18(22)23)10-19(11)26(24,25)16-6-7-17-15(9-16)8-12(2)20(17)13(3)21/h6-7,9,11-12,14H,4-5,8,10H2,1-3H3,(H,22,23). The summed E-state index contributed by atoms with van der Waals surface area (Å²) in [4.78, 5) is 25.0. The summed E-state index contributed by atoms with van der Waals surface area (Å²) in [5.74, 6) is -1.71. The summed E-state index contributed by atoms with van der Waals surface area (Å²) >= 11 is 0. The molecule has 0 aromatic heterocycles. The van der Waals surface area contributed by atoms with E-state index in [1.807, 2.05) is 13.8 Å². The lowest BCUT2D eigenvalue weighted by molar-refractivity contribution is -0.143. The third kappa shape index (κ3) is 3.12. The first-order chi connectivity index (χ1) is 12.1. The topological polar surface area (TPSA) is 95.0 Å². The van der Waals surface area contributed by atoms with Crippen molar-refractivity contribution in [2.45, 2.75) is 57.0 Å². The lowest BCUT2D eigenvalue weighted by Gasteiger charge is -2.35. The van der Waals surface area contributed by atoms with Gasteiger partial charge in [0.25, 0.3) is 0 Å². The van der Waals surface area contributed by atoms with E-state index in [9.17, 15) is 23.1 Å². The van der Waals surface area contributed by atoms with Crippen molar-refractivity contribution >= 4 is 27.6 Å². The Labute approximate surface area is 153 Å². The zero-order valence-electron chi connectivity index (χ0n) is 15.2. The van der Waals surface area contributed by atoms with E-state index >= 15 is 0 Å². The summed E-state index contributed by atoms with van der Waals surface area (Å²) in [5.41, 5.74) is 1.58. The number of carbonyl (C=O) groups excluding carboxylic acids is 1. The Morgan fingerprint density at radius 2 is 1.85 bits per heavy atom. The predicted molar refractivity (Wildman–Crippen MR) is 96.5 cm³/mol. The molecule has 1 amide bonds. The number of sulfonamides is 1. The average molecular weight is 380 g/mol. The van der Waals surface area contributed by atoms with Gasteiger partial charge in [-0.1, -0.05) is 0 Å². The van der Waals surface area contributed by atoms with E-state index in [0.717, 1.165) is 11.3 Å². The second-order valence-corrected chi connectivity index (χ2v) is 9.16. The van der Waals surface area contributed by atoms with Crippen LogP contribution in [0.1, 0.15) is 39.2 Å². The third-order valence-electron chi connectivity index (χ3n) is 5.39. The molecule has 8 heteroatoms. The highest BCUT2D eigenvalue weighted by Crippen LogP contribution is 2.35. The number of fused-ring (bicyclic) bond motifs is 1. The Kier molecular flexibility index (Phi) is 4.83. The number of piperidine rings is 1. The first-order valence-electron chi connectivity index (χ1n) is 8.80. The van der Waals surface area contributed by atoms with E-state index in [-0.39, 0.29) is 29.4 Å². The molecule has 2 aliphatic rings. The van der Waals surface area contributed by atoms with Crippen molar-refractivity contribution in [1.82, 2.24) is 4.31 Å². The maximum Gasteiger partial charge on any atom is 0.307 e. The van der Waals surface area contributed by atoms with Crippen molar-refractivity contribution in [3.05, 3.63) is 23.8 Å². The minimum atomic E-state index is -3.79. The number of anilines is 1. The van der Waals surface area contributed by atoms with Crippen molar-refractivity contribution in [3.8, 4) is 0 Å². The van der Waals surface area contributed by atoms with E-state index in [0.29, 0.717) is 19.3 Å². The number of hydrogen-bond acceptors (Lipinski definition) is 4. The van der Waals surface area contributed by atoms with Gasteiger partial charge in [0, 0.05) is 31.2 Å². The number of rotatable bonds is 3.